The van der Waals surface area contributed by atoms with Gasteiger partial charge in [-0.05, 0) is 34.1 Å². The molecule has 0 aliphatic rings. The highest BCUT2D eigenvalue weighted by atomic mass is 79.9. The lowest BCUT2D eigenvalue weighted by Gasteiger charge is -2.04. The van der Waals surface area contributed by atoms with Gasteiger partial charge in [0, 0.05) is 16.7 Å². The summed E-state index contributed by atoms with van der Waals surface area (Å²) in [6.07, 6.45) is 0.470. The number of rotatable bonds is 3. The molecule has 1 aromatic rings. The minimum absolute atomic E-state index is 0.470. The standard InChI is InChI=1S/C10H8BrN3/c11-10-6-9(14-5-1-4-12)3-2-8(10)7-13/h2-3,6,14H,1,5H2. The van der Waals surface area contributed by atoms with Gasteiger partial charge in [0.15, 0.2) is 0 Å². The van der Waals surface area contributed by atoms with E-state index in [4.69, 9.17) is 10.5 Å². The normalized spacial score (nSPS) is 8.79. The first-order valence-corrected chi connectivity index (χ1v) is 4.87. The zero-order chi connectivity index (χ0) is 10.4. The molecule has 1 N–H and O–H groups in total. The summed E-state index contributed by atoms with van der Waals surface area (Å²) >= 11 is 3.29. The highest BCUT2D eigenvalue weighted by molar-refractivity contribution is 9.10. The summed E-state index contributed by atoms with van der Waals surface area (Å²) in [5, 5.41) is 20.1. The van der Waals surface area contributed by atoms with E-state index in [9.17, 15) is 0 Å². The van der Waals surface area contributed by atoms with Gasteiger partial charge < -0.3 is 5.32 Å². The van der Waals surface area contributed by atoms with E-state index in [0.29, 0.717) is 18.5 Å². The Morgan fingerprint density at radius 2 is 2.14 bits per heavy atom. The summed E-state index contributed by atoms with van der Waals surface area (Å²) in [6.45, 7) is 0.620. The van der Waals surface area contributed by atoms with Crippen molar-refractivity contribution in [2.45, 2.75) is 6.42 Å². The Hall–Kier alpha value is -1.52. The van der Waals surface area contributed by atoms with Crippen LogP contribution in [0, 0.1) is 22.7 Å². The van der Waals surface area contributed by atoms with Crippen LogP contribution in [0.3, 0.4) is 0 Å². The van der Waals surface area contributed by atoms with Crippen LogP contribution in [0.15, 0.2) is 22.7 Å². The molecular formula is C10H8BrN3. The van der Waals surface area contributed by atoms with E-state index in [1.54, 1.807) is 6.07 Å². The minimum Gasteiger partial charge on any atom is -0.384 e. The van der Waals surface area contributed by atoms with Crippen molar-refractivity contribution in [3.8, 4) is 12.1 Å². The van der Waals surface area contributed by atoms with Crippen molar-refractivity contribution < 1.29 is 0 Å². The van der Waals surface area contributed by atoms with Gasteiger partial charge >= 0.3 is 0 Å². The molecule has 0 aliphatic heterocycles. The van der Waals surface area contributed by atoms with Gasteiger partial charge in [0.25, 0.3) is 0 Å². The van der Waals surface area contributed by atoms with E-state index in [1.807, 2.05) is 18.2 Å². The van der Waals surface area contributed by atoms with Crippen LogP contribution in [0.25, 0.3) is 0 Å². The summed E-state index contributed by atoms with van der Waals surface area (Å²) < 4.78 is 0.766. The Bertz CT molecular complexity index is 401. The molecule has 0 aromatic heterocycles. The van der Waals surface area contributed by atoms with Crippen molar-refractivity contribution in [2.24, 2.45) is 0 Å². The van der Waals surface area contributed by atoms with Gasteiger partial charge in [0.2, 0.25) is 0 Å². The average Bonchev–Trinajstić information content (AvgIpc) is 2.18. The van der Waals surface area contributed by atoms with E-state index < -0.39 is 0 Å². The van der Waals surface area contributed by atoms with Gasteiger partial charge in [-0.1, -0.05) is 0 Å². The number of hydrogen-bond acceptors (Lipinski definition) is 3. The molecule has 4 heteroatoms. The largest absolute Gasteiger partial charge is 0.384 e. The van der Waals surface area contributed by atoms with Gasteiger partial charge in [0.1, 0.15) is 6.07 Å². The lowest BCUT2D eigenvalue weighted by atomic mass is 10.2. The maximum Gasteiger partial charge on any atom is 0.100 e. The highest BCUT2D eigenvalue weighted by Gasteiger charge is 1.99. The van der Waals surface area contributed by atoms with Crippen molar-refractivity contribution in [1.82, 2.24) is 0 Å². The van der Waals surface area contributed by atoms with E-state index >= 15 is 0 Å². The molecule has 0 saturated heterocycles. The zero-order valence-electron chi connectivity index (χ0n) is 7.42. The monoisotopic (exact) mass is 249 g/mol. The maximum absolute atomic E-state index is 8.68. The Kier molecular flexibility index (Phi) is 3.97. The third kappa shape index (κ3) is 2.76. The maximum atomic E-state index is 8.68. The Balaban J connectivity index is 2.69. The van der Waals surface area contributed by atoms with Crippen LogP contribution < -0.4 is 5.32 Å². The molecule has 0 unspecified atom stereocenters. The second-order valence-corrected chi connectivity index (χ2v) is 3.50. The van der Waals surface area contributed by atoms with Crippen LogP contribution in [-0.4, -0.2) is 6.54 Å². The van der Waals surface area contributed by atoms with Gasteiger partial charge in [-0.25, -0.2) is 0 Å². The number of hydrogen-bond donors (Lipinski definition) is 1. The van der Waals surface area contributed by atoms with Crippen molar-refractivity contribution in [2.75, 3.05) is 11.9 Å². The average molecular weight is 250 g/mol. The molecule has 0 aliphatic carbocycles. The number of nitrogens with zero attached hydrogens (tertiary/aromatic N) is 2. The second-order valence-electron chi connectivity index (χ2n) is 2.64. The predicted molar refractivity (Wildman–Crippen MR) is 57.6 cm³/mol. The molecule has 1 rings (SSSR count). The van der Waals surface area contributed by atoms with Crippen LogP contribution in [0.4, 0.5) is 5.69 Å². The summed E-state index contributed by atoms with van der Waals surface area (Å²) in [5.41, 5.74) is 1.52. The summed E-state index contributed by atoms with van der Waals surface area (Å²) in [4.78, 5) is 0. The van der Waals surface area contributed by atoms with Crippen LogP contribution in [0.2, 0.25) is 0 Å². The summed E-state index contributed by atoms with van der Waals surface area (Å²) in [6, 6.07) is 9.50. The molecule has 0 spiro atoms. The number of nitrogens with one attached hydrogen (secondary N) is 1. The van der Waals surface area contributed by atoms with Crippen LogP contribution in [0.5, 0.6) is 0 Å². The fraction of sp³-hybridized carbons (Fsp3) is 0.200. The number of halogens is 1. The van der Waals surface area contributed by atoms with Crippen molar-refractivity contribution >= 4 is 21.6 Å². The topological polar surface area (TPSA) is 59.6 Å². The molecule has 1 aromatic carbocycles. The Morgan fingerprint density at radius 3 is 2.71 bits per heavy atom. The molecule has 0 atom stereocenters. The van der Waals surface area contributed by atoms with E-state index in [1.165, 1.54) is 0 Å². The highest BCUT2D eigenvalue weighted by Crippen LogP contribution is 2.20. The van der Waals surface area contributed by atoms with Gasteiger partial charge in [-0.3, -0.25) is 0 Å². The zero-order valence-corrected chi connectivity index (χ0v) is 9.00. The lowest BCUT2D eigenvalue weighted by molar-refractivity contribution is 1.07. The van der Waals surface area contributed by atoms with E-state index in [2.05, 4.69) is 27.3 Å². The third-order valence-electron chi connectivity index (χ3n) is 1.66. The number of benzene rings is 1. The predicted octanol–water partition coefficient (Wildman–Crippen LogP) is 2.65. The number of nitriles is 2. The van der Waals surface area contributed by atoms with E-state index in [0.717, 1.165) is 10.2 Å². The van der Waals surface area contributed by atoms with Crippen LogP contribution in [-0.2, 0) is 0 Å². The molecule has 14 heavy (non-hydrogen) atoms. The fourth-order valence-electron chi connectivity index (χ4n) is 0.978. The van der Waals surface area contributed by atoms with Gasteiger partial charge in [-0.2, -0.15) is 10.5 Å². The minimum atomic E-state index is 0.470. The van der Waals surface area contributed by atoms with Gasteiger partial charge in [-0.15, -0.1) is 0 Å². The fourth-order valence-corrected chi connectivity index (χ4v) is 1.45. The number of anilines is 1. The van der Waals surface area contributed by atoms with Gasteiger partial charge in [0.05, 0.1) is 18.1 Å². The summed E-state index contributed by atoms with van der Waals surface area (Å²) in [5.74, 6) is 0. The first-order chi connectivity index (χ1) is 6.77. The first kappa shape index (κ1) is 10.6. The Labute approximate surface area is 91.1 Å². The molecule has 70 valence electrons. The first-order valence-electron chi connectivity index (χ1n) is 4.08. The van der Waals surface area contributed by atoms with E-state index in [-0.39, 0.29) is 0 Å². The van der Waals surface area contributed by atoms with Crippen LogP contribution in [0.1, 0.15) is 12.0 Å². The lowest BCUT2D eigenvalue weighted by Crippen LogP contribution is -2.00. The smallest absolute Gasteiger partial charge is 0.100 e. The second kappa shape index (κ2) is 5.26. The molecular weight excluding hydrogens is 242 g/mol. The SMILES string of the molecule is N#CCCNc1ccc(C#N)c(Br)c1. The molecule has 3 nitrogen and oxygen atoms in total. The van der Waals surface area contributed by atoms with Crippen molar-refractivity contribution in [3.05, 3.63) is 28.2 Å². The molecule has 0 saturated carbocycles. The van der Waals surface area contributed by atoms with Crippen LogP contribution >= 0.6 is 15.9 Å². The Morgan fingerprint density at radius 1 is 1.36 bits per heavy atom. The van der Waals surface area contributed by atoms with Crippen molar-refractivity contribution in [1.29, 1.82) is 10.5 Å². The molecule has 0 fully saturated rings. The summed E-state index contributed by atoms with van der Waals surface area (Å²) in [7, 11) is 0. The quantitative estimate of drug-likeness (QED) is 0.839. The van der Waals surface area contributed by atoms with Crippen molar-refractivity contribution in [3.63, 3.8) is 0 Å². The third-order valence-corrected chi connectivity index (χ3v) is 2.31. The molecule has 0 bridgehead atoms. The molecule has 0 amide bonds. The molecule has 0 radical (unpaired) electrons. The molecule has 0 heterocycles.